The first kappa shape index (κ1) is 20.1. The molecule has 0 saturated heterocycles. The van der Waals surface area contributed by atoms with Gasteiger partial charge >= 0.3 is 12.1 Å². The number of rotatable bonds is 7. The Bertz CT molecular complexity index is 602. The Hall–Kier alpha value is -1.96. The summed E-state index contributed by atoms with van der Waals surface area (Å²) in [5.74, 6) is -0.494. The number of halogens is 3. The summed E-state index contributed by atoms with van der Waals surface area (Å²) in [4.78, 5) is 23.4. The molecule has 1 aromatic rings. The maximum absolute atomic E-state index is 12.6. The lowest BCUT2D eigenvalue weighted by Crippen LogP contribution is -2.41. The van der Waals surface area contributed by atoms with Gasteiger partial charge in [-0.2, -0.15) is 24.9 Å². The molecule has 1 amide bonds. The standard InChI is InChI=1S/C16H18F3NO3S/c1-23-15(22)13(8-9-24-2)20-14(21)7-6-11-4-3-5-12(10-11)16(17,18)19/h3-7,10,13H,8-9H2,1-2H3,(H,20,21)/b7-6+/t13-/m1/s1. The van der Waals surface area contributed by atoms with Crippen LogP contribution in [0.5, 0.6) is 0 Å². The Kier molecular flexibility index (Phi) is 7.84. The van der Waals surface area contributed by atoms with E-state index in [1.807, 2.05) is 6.26 Å². The van der Waals surface area contributed by atoms with Crippen molar-refractivity contribution >= 4 is 29.7 Å². The van der Waals surface area contributed by atoms with Crippen LogP contribution in [0.4, 0.5) is 13.2 Å². The zero-order valence-electron chi connectivity index (χ0n) is 13.2. The Balaban J connectivity index is 2.75. The highest BCUT2D eigenvalue weighted by molar-refractivity contribution is 7.98. The van der Waals surface area contributed by atoms with E-state index < -0.39 is 29.7 Å². The summed E-state index contributed by atoms with van der Waals surface area (Å²) in [5.41, 5.74) is -0.559. The van der Waals surface area contributed by atoms with Crippen LogP contribution in [-0.4, -0.2) is 37.0 Å². The maximum Gasteiger partial charge on any atom is 0.416 e. The van der Waals surface area contributed by atoms with Crippen molar-refractivity contribution in [2.75, 3.05) is 19.1 Å². The number of amides is 1. The first-order valence-corrected chi connectivity index (χ1v) is 8.40. The van der Waals surface area contributed by atoms with Gasteiger partial charge in [-0.25, -0.2) is 4.79 Å². The summed E-state index contributed by atoms with van der Waals surface area (Å²) < 4.78 is 42.5. The highest BCUT2D eigenvalue weighted by atomic mass is 32.2. The van der Waals surface area contributed by atoms with Crippen LogP contribution in [0, 0.1) is 0 Å². The zero-order chi connectivity index (χ0) is 18.2. The summed E-state index contributed by atoms with van der Waals surface area (Å²) in [6.45, 7) is 0. The quantitative estimate of drug-likeness (QED) is 0.599. The monoisotopic (exact) mass is 361 g/mol. The van der Waals surface area contributed by atoms with E-state index in [0.29, 0.717) is 12.2 Å². The lowest BCUT2D eigenvalue weighted by Gasteiger charge is -2.14. The van der Waals surface area contributed by atoms with E-state index in [1.165, 1.54) is 37.1 Å². The molecule has 8 heteroatoms. The molecule has 1 aromatic carbocycles. The van der Waals surface area contributed by atoms with Crippen LogP contribution >= 0.6 is 11.8 Å². The molecule has 0 saturated carbocycles. The van der Waals surface area contributed by atoms with Crippen LogP contribution in [0.2, 0.25) is 0 Å². The molecule has 0 aromatic heterocycles. The normalized spacial score (nSPS) is 12.9. The van der Waals surface area contributed by atoms with Gasteiger partial charge in [-0.3, -0.25) is 4.79 Å². The van der Waals surface area contributed by atoms with Gasteiger partial charge in [0.05, 0.1) is 12.7 Å². The van der Waals surface area contributed by atoms with E-state index in [1.54, 1.807) is 0 Å². The first-order chi connectivity index (χ1) is 11.3. The number of hydrogen-bond acceptors (Lipinski definition) is 4. The molecule has 4 nitrogen and oxygen atoms in total. The maximum atomic E-state index is 12.6. The predicted octanol–water partition coefficient (Wildman–Crippen LogP) is 3.13. The van der Waals surface area contributed by atoms with E-state index in [9.17, 15) is 22.8 Å². The second kappa shape index (κ2) is 9.36. The Morgan fingerprint density at radius 1 is 1.38 bits per heavy atom. The number of carbonyl (C=O) groups excluding carboxylic acids is 2. The van der Waals surface area contributed by atoms with Crippen LogP contribution in [0.25, 0.3) is 6.08 Å². The third-order valence-electron chi connectivity index (χ3n) is 3.05. The van der Waals surface area contributed by atoms with E-state index in [4.69, 9.17) is 0 Å². The van der Waals surface area contributed by atoms with Gasteiger partial charge in [0.15, 0.2) is 0 Å². The van der Waals surface area contributed by atoms with Crippen molar-refractivity contribution in [3.8, 4) is 0 Å². The van der Waals surface area contributed by atoms with Crippen LogP contribution in [0.1, 0.15) is 17.5 Å². The Labute approximate surface area is 142 Å². The molecule has 1 rings (SSSR count). The molecular formula is C16H18F3NO3S. The van der Waals surface area contributed by atoms with Crippen LogP contribution in [0.3, 0.4) is 0 Å². The summed E-state index contributed by atoms with van der Waals surface area (Å²) in [7, 11) is 1.22. The van der Waals surface area contributed by atoms with Crippen molar-refractivity contribution in [1.82, 2.24) is 5.32 Å². The van der Waals surface area contributed by atoms with E-state index in [2.05, 4.69) is 10.1 Å². The smallest absolute Gasteiger partial charge is 0.416 e. The molecule has 0 aliphatic heterocycles. The molecule has 24 heavy (non-hydrogen) atoms. The predicted molar refractivity (Wildman–Crippen MR) is 87.4 cm³/mol. The Morgan fingerprint density at radius 3 is 2.67 bits per heavy atom. The second-order valence-corrected chi connectivity index (χ2v) is 5.81. The van der Waals surface area contributed by atoms with Crippen molar-refractivity contribution in [1.29, 1.82) is 0 Å². The Morgan fingerprint density at radius 2 is 2.08 bits per heavy atom. The van der Waals surface area contributed by atoms with Gasteiger partial charge in [-0.1, -0.05) is 12.1 Å². The summed E-state index contributed by atoms with van der Waals surface area (Å²) >= 11 is 1.52. The minimum Gasteiger partial charge on any atom is -0.467 e. The number of ether oxygens (including phenoxy) is 1. The zero-order valence-corrected chi connectivity index (χ0v) is 14.0. The first-order valence-electron chi connectivity index (χ1n) is 7.00. The van der Waals surface area contributed by atoms with E-state index >= 15 is 0 Å². The van der Waals surface area contributed by atoms with E-state index in [-0.39, 0.29) is 5.56 Å². The minimum atomic E-state index is -4.44. The lowest BCUT2D eigenvalue weighted by atomic mass is 10.1. The third kappa shape index (κ3) is 6.66. The second-order valence-electron chi connectivity index (χ2n) is 4.82. The average Bonchev–Trinajstić information content (AvgIpc) is 2.55. The van der Waals surface area contributed by atoms with Crippen molar-refractivity contribution < 1.29 is 27.5 Å². The molecule has 0 aliphatic carbocycles. The number of esters is 1. The molecule has 0 unspecified atom stereocenters. The van der Waals surface area contributed by atoms with Gasteiger partial charge in [0.2, 0.25) is 5.91 Å². The fourth-order valence-electron chi connectivity index (χ4n) is 1.84. The van der Waals surface area contributed by atoms with E-state index in [0.717, 1.165) is 18.2 Å². The number of nitrogens with one attached hydrogen (secondary N) is 1. The van der Waals surface area contributed by atoms with Crippen molar-refractivity contribution in [3.05, 3.63) is 41.5 Å². The van der Waals surface area contributed by atoms with Crippen LogP contribution in [-0.2, 0) is 20.5 Å². The van der Waals surface area contributed by atoms with Crippen LogP contribution in [0.15, 0.2) is 30.3 Å². The largest absolute Gasteiger partial charge is 0.467 e. The number of thioether (sulfide) groups is 1. The fourth-order valence-corrected chi connectivity index (χ4v) is 2.31. The fraction of sp³-hybridized carbons (Fsp3) is 0.375. The highest BCUT2D eigenvalue weighted by Gasteiger charge is 2.30. The van der Waals surface area contributed by atoms with Crippen molar-refractivity contribution in [3.63, 3.8) is 0 Å². The molecule has 0 heterocycles. The summed E-state index contributed by atoms with van der Waals surface area (Å²) in [6.07, 6.45) is 0.165. The van der Waals surface area contributed by atoms with Gasteiger partial charge in [-0.05, 0) is 42.2 Å². The number of carbonyl (C=O) groups is 2. The number of hydrogen-bond donors (Lipinski definition) is 1. The van der Waals surface area contributed by atoms with Gasteiger partial charge in [-0.15, -0.1) is 0 Å². The minimum absolute atomic E-state index is 0.235. The van der Waals surface area contributed by atoms with Gasteiger partial charge in [0.25, 0.3) is 0 Å². The van der Waals surface area contributed by atoms with Gasteiger partial charge in [0.1, 0.15) is 6.04 Å². The molecule has 1 atom stereocenters. The van der Waals surface area contributed by atoms with Crippen molar-refractivity contribution in [2.45, 2.75) is 18.6 Å². The van der Waals surface area contributed by atoms with Gasteiger partial charge in [0, 0.05) is 6.08 Å². The van der Waals surface area contributed by atoms with Crippen LogP contribution < -0.4 is 5.32 Å². The number of alkyl halides is 3. The molecule has 0 aliphatic rings. The molecule has 1 N–H and O–H groups in total. The SMILES string of the molecule is COC(=O)[C@@H](CCSC)NC(=O)/C=C/c1cccc(C(F)(F)F)c1. The molecular weight excluding hydrogens is 343 g/mol. The molecule has 0 spiro atoms. The van der Waals surface area contributed by atoms with Crippen molar-refractivity contribution in [2.24, 2.45) is 0 Å². The molecule has 0 fully saturated rings. The summed E-state index contributed by atoms with van der Waals surface area (Å²) in [6, 6.07) is 3.81. The topological polar surface area (TPSA) is 55.4 Å². The number of benzene rings is 1. The van der Waals surface area contributed by atoms with Gasteiger partial charge < -0.3 is 10.1 Å². The molecule has 0 radical (unpaired) electrons. The lowest BCUT2D eigenvalue weighted by molar-refractivity contribution is -0.144. The summed E-state index contributed by atoms with van der Waals surface area (Å²) in [5, 5.41) is 2.48. The number of methoxy groups -OCH3 is 1. The third-order valence-corrected chi connectivity index (χ3v) is 3.70. The molecule has 132 valence electrons. The molecule has 0 bridgehead atoms. The average molecular weight is 361 g/mol. The highest BCUT2D eigenvalue weighted by Crippen LogP contribution is 2.29.